The molecule has 1 aliphatic heterocycles. The molecule has 0 spiro atoms. The smallest absolute Gasteiger partial charge is 0.321 e. The predicted molar refractivity (Wildman–Crippen MR) is 98.2 cm³/mol. The summed E-state index contributed by atoms with van der Waals surface area (Å²) in [7, 11) is -3.81. The number of hydrogen-bond donors (Lipinski definition) is 3. The van der Waals surface area contributed by atoms with Gasteiger partial charge >= 0.3 is 6.03 Å². The van der Waals surface area contributed by atoms with Gasteiger partial charge in [0, 0.05) is 44.5 Å². The monoisotopic (exact) mass is 382 g/mol. The van der Waals surface area contributed by atoms with Crippen LogP contribution in [-0.2, 0) is 10.0 Å². The van der Waals surface area contributed by atoms with Gasteiger partial charge in [0.05, 0.1) is 4.90 Å². The van der Waals surface area contributed by atoms with Crippen LogP contribution in [0.5, 0.6) is 0 Å². The van der Waals surface area contributed by atoms with E-state index in [2.05, 4.69) is 10.2 Å². The molecule has 0 bridgehead atoms. The lowest BCUT2D eigenvalue weighted by Gasteiger charge is -2.41. The molecule has 3 rings (SSSR count). The van der Waals surface area contributed by atoms with Crippen molar-refractivity contribution in [2.45, 2.75) is 30.2 Å². The lowest BCUT2D eigenvalue weighted by Crippen LogP contribution is -2.56. The maximum atomic E-state index is 12.6. The zero-order valence-corrected chi connectivity index (χ0v) is 15.5. The van der Waals surface area contributed by atoms with Gasteiger partial charge in [-0.25, -0.2) is 18.4 Å². The molecule has 9 heteroatoms. The maximum absolute atomic E-state index is 12.6. The van der Waals surface area contributed by atoms with Gasteiger partial charge in [-0.05, 0) is 43.4 Å². The molecule has 1 atom stereocenters. The number of anilines is 1. The Morgan fingerprint density at radius 1 is 1.31 bits per heavy atom. The number of hydrogen-bond acceptors (Lipinski definition) is 5. The van der Waals surface area contributed by atoms with Crippen LogP contribution in [0.4, 0.5) is 10.5 Å². The van der Waals surface area contributed by atoms with Gasteiger partial charge in [0.25, 0.3) is 0 Å². The molecule has 1 aromatic rings. The number of piperazine rings is 1. The van der Waals surface area contributed by atoms with E-state index in [4.69, 9.17) is 5.14 Å². The highest BCUT2D eigenvalue weighted by atomic mass is 32.2. The number of nitrogens with two attached hydrogens (primary N) is 1. The standard InChI is InChI=1S/C17H26N4O4S/c18-26(24,25)16-3-1-2-14(10-16)19-17(23)21-8-7-20(11-13-4-5-13)15(12-21)6-9-22/h1-3,10,13,15,22H,4-9,11-12H2,(H,19,23)(H2,18,24,25)/t15-/m1/s1. The first kappa shape index (κ1) is 19.1. The average Bonchev–Trinajstić information content (AvgIpc) is 3.40. The Labute approximate surface area is 154 Å². The van der Waals surface area contributed by atoms with E-state index in [-0.39, 0.29) is 23.6 Å². The Bertz CT molecular complexity index is 751. The van der Waals surface area contributed by atoms with Crippen LogP contribution in [0, 0.1) is 5.92 Å². The van der Waals surface area contributed by atoms with E-state index >= 15 is 0 Å². The normalized spacial score (nSPS) is 21.6. The number of benzene rings is 1. The number of sulfonamides is 1. The van der Waals surface area contributed by atoms with E-state index in [1.807, 2.05) is 0 Å². The predicted octanol–water partition coefficient (Wildman–Crippen LogP) is 0.644. The van der Waals surface area contributed by atoms with Crippen molar-refractivity contribution in [3.05, 3.63) is 24.3 Å². The number of carbonyl (C=O) groups is 1. The van der Waals surface area contributed by atoms with Crippen LogP contribution in [0.15, 0.2) is 29.2 Å². The molecule has 8 nitrogen and oxygen atoms in total. The second-order valence-electron chi connectivity index (χ2n) is 7.05. The highest BCUT2D eigenvalue weighted by Crippen LogP contribution is 2.31. The van der Waals surface area contributed by atoms with Crippen LogP contribution in [0.1, 0.15) is 19.3 Å². The van der Waals surface area contributed by atoms with Crippen molar-refractivity contribution in [3.8, 4) is 0 Å². The minimum absolute atomic E-state index is 0.0392. The first-order chi connectivity index (χ1) is 12.4. The number of aliphatic hydroxyl groups is 1. The van der Waals surface area contributed by atoms with Crippen molar-refractivity contribution >= 4 is 21.7 Å². The van der Waals surface area contributed by atoms with E-state index in [1.165, 1.54) is 31.0 Å². The molecular weight excluding hydrogens is 356 g/mol. The quantitative estimate of drug-likeness (QED) is 0.668. The number of aliphatic hydroxyl groups excluding tert-OH is 1. The van der Waals surface area contributed by atoms with E-state index in [1.54, 1.807) is 11.0 Å². The molecule has 0 unspecified atom stereocenters. The van der Waals surface area contributed by atoms with Crippen LogP contribution < -0.4 is 10.5 Å². The van der Waals surface area contributed by atoms with E-state index in [0.29, 0.717) is 25.2 Å². The number of amides is 2. The summed E-state index contributed by atoms with van der Waals surface area (Å²) in [5.41, 5.74) is 0.389. The van der Waals surface area contributed by atoms with E-state index in [9.17, 15) is 18.3 Å². The maximum Gasteiger partial charge on any atom is 0.321 e. The molecule has 1 saturated carbocycles. The Kier molecular flexibility index (Phi) is 5.81. The summed E-state index contributed by atoms with van der Waals surface area (Å²) in [5, 5.41) is 17.2. The lowest BCUT2D eigenvalue weighted by molar-refractivity contribution is 0.0739. The molecule has 0 radical (unpaired) electrons. The first-order valence-corrected chi connectivity index (χ1v) is 10.4. The molecular formula is C17H26N4O4S. The van der Waals surface area contributed by atoms with Crippen molar-refractivity contribution in [1.82, 2.24) is 9.80 Å². The molecule has 2 amide bonds. The Morgan fingerprint density at radius 2 is 2.08 bits per heavy atom. The molecule has 1 heterocycles. The molecule has 1 aromatic carbocycles. The van der Waals surface area contributed by atoms with Crippen LogP contribution >= 0.6 is 0 Å². The third kappa shape index (κ3) is 4.94. The van der Waals surface area contributed by atoms with Crippen molar-refractivity contribution in [2.24, 2.45) is 11.1 Å². The van der Waals surface area contributed by atoms with Crippen molar-refractivity contribution in [2.75, 3.05) is 38.1 Å². The van der Waals surface area contributed by atoms with Crippen molar-refractivity contribution in [3.63, 3.8) is 0 Å². The molecule has 1 saturated heterocycles. The highest BCUT2D eigenvalue weighted by molar-refractivity contribution is 7.89. The van der Waals surface area contributed by atoms with Gasteiger partial charge < -0.3 is 15.3 Å². The number of primary sulfonamides is 1. The number of rotatable bonds is 6. The Balaban J connectivity index is 1.62. The fourth-order valence-electron chi connectivity index (χ4n) is 3.33. The average molecular weight is 382 g/mol. The molecule has 2 aliphatic rings. The van der Waals surface area contributed by atoms with Gasteiger partial charge in [-0.3, -0.25) is 4.90 Å². The molecule has 4 N–H and O–H groups in total. The summed E-state index contributed by atoms with van der Waals surface area (Å²) in [6.45, 7) is 3.07. The molecule has 2 fully saturated rings. The number of urea groups is 1. The Morgan fingerprint density at radius 3 is 2.73 bits per heavy atom. The second kappa shape index (κ2) is 7.91. The van der Waals surface area contributed by atoms with E-state index in [0.717, 1.165) is 19.0 Å². The van der Waals surface area contributed by atoms with Gasteiger partial charge in [-0.1, -0.05) is 6.07 Å². The zero-order chi connectivity index (χ0) is 18.7. The summed E-state index contributed by atoms with van der Waals surface area (Å²) in [5.74, 6) is 0.762. The number of nitrogens with one attached hydrogen (secondary N) is 1. The van der Waals surface area contributed by atoms with Gasteiger partial charge in [0.1, 0.15) is 0 Å². The second-order valence-corrected chi connectivity index (χ2v) is 8.61. The van der Waals surface area contributed by atoms with E-state index < -0.39 is 10.0 Å². The SMILES string of the molecule is NS(=O)(=O)c1cccc(NC(=O)N2CCN(CC3CC3)[C@H](CCO)C2)c1. The summed E-state index contributed by atoms with van der Waals surface area (Å²) < 4.78 is 22.9. The molecule has 144 valence electrons. The number of carbonyl (C=O) groups excluding carboxylic acids is 1. The molecule has 26 heavy (non-hydrogen) atoms. The van der Waals surface area contributed by atoms with Gasteiger partial charge in [-0.15, -0.1) is 0 Å². The Hall–Kier alpha value is -1.68. The lowest BCUT2D eigenvalue weighted by atomic mass is 10.1. The number of nitrogens with zero attached hydrogens (tertiary/aromatic N) is 2. The third-order valence-electron chi connectivity index (χ3n) is 4.96. The van der Waals surface area contributed by atoms with Crippen molar-refractivity contribution in [1.29, 1.82) is 0 Å². The molecule has 1 aliphatic carbocycles. The minimum atomic E-state index is -3.81. The zero-order valence-electron chi connectivity index (χ0n) is 14.7. The fourth-order valence-corrected chi connectivity index (χ4v) is 3.89. The van der Waals surface area contributed by atoms with Crippen LogP contribution in [-0.4, -0.2) is 68.2 Å². The van der Waals surface area contributed by atoms with Gasteiger partial charge in [0.2, 0.25) is 10.0 Å². The van der Waals surface area contributed by atoms with Gasteiger partial charge in [0.15, 0.2) is 0 Å². The summed E-state index contributed by atoms with van der Waals surface area (Å²) in [4.78, 5) is 16.6. The minimum Gasteiger partial charge on any atom is -0.396 e. The first-order valence-electron chi connectivity index (χ1n) is 8.90. The van der Waals surface area contributed by atoms with Crippen LogP contribution in [0.2, 0.25) is 0 Å². The summed E-state index contributed by atoms with van der Waals surface area (Å²) >= 11 is 0. The summed E-state index contributed by atoms with van der Waals surface area (Å²) in [6, 6.07) is 5.78. The van der Waals surface area contributed by atoms with Crippen LogP contribution in [0.25, 0.3) is 0 Å². The largest absolute Gasteiger partial charge is 0.396 e. The van der Waals surface area contributed by atoms with Gasteiger partial charge in [-0.2, -0.15) is 0 Å². The topological polar surface area (TPSA) is 116 Å². The third-order valence-corrected chi connectivity index (χ3v) is 5.87. The fraction of sp³-hybridized carbons (Fsp3) is 0.588. The highest BCUT2D eigenvalue weighted by Gasteiger charge is 2.33. The van der Waals surface area contributed by atoms with Crippen molar-refractivity contribution < 1.29 is 18.3 Å². The molecule has 0 aromatic heterocycles. The summed E-state index contributed by atoms with van der Waals surface area (Å²) in [6.07, 6.45) is 3.18. The van der Waals surface area contributed by atoms with Crippen LogP contribution in [0.3, 0.4) is 0 Å².